The average Bonchev–Trinajstić information content (AvgIpc) is 3.17. The molecule has 9 heteroatoms. The Kier molecular flexibility index (Phi) is 5.17. The molecule has 4 nitrogen and oxygen atoms in total. The highest BCUT2D eigenvalue weighted by molar-refractivity contribution is 7.90. The van der Waals surface area contributed by atoms with E-state index < -0.39 is 21.6 Å². The number of hydrogen-bond acceptors (Lipinski definition) is 5. The molecule has 0 N–H and O–H groups in total. The molecule has 0 amide bonds. The van der Waals surface area contributed by atoms with E-state index in [-0.39, 0.29) is 17.6 Å². The molecule has 2 heterocycles. The molecule has 0 unspecified atom stereocenters. The quantitative estimate of drug-likeness (QED) is 0.775. The summed E-state index contributed by atoms with van der Waals surface area (Å²) in [6, 6.07) is 4.66. The predicted octanol–water partition coefficient (Wildman–Crippen LogP) is 3.92. The highest BCUT2D eigenvalue weighted by atomic mass is 32.2. The predicted molar refractivity (Wildman–Crippen MR) is 89.0 cm³/mol. The molecule has 1 aromatic heterocycles. The number of rotatable bonds is 5. The van der Waals surface area contributed by atoms with Crippen molar-refractivity contribution in [1.82, 2.24) is 4.98 Å². The summed E-state index contributed by atoms with van der Waals surface area (Å²) < 4.78 is 67.6. The standard InChI is InChI=1S/C16H16F3NO3S2/c17-16(18,19)12-5-3-11(4-6-12)15-20-13(8-24-15)9-25(21,22)10-14-2-1-7-23-14/h3-6,8,14H,1-2,7,9-10H2/t14-/m1/s1. The molecule has 0 saturated carbocycles. The summed E-state index contributed by atoms with van der Waals surface area (Å²) in [5.74, 6) is -0.218. The van der Waals surface area contributed by atoms with Crippen molar-refractivity contribution in [3.05, 3.63) is 40.9 Å². The van der Waals surface area contributed by atoms with Crippen LogP contribution in [0.5, 0.6) is 0 Å². The van der Waals surface area contributed by atoms with Crippen LogP contribution in [0.25, 0.3) is 10.6 Å². The molecule has 0 aliphatic carbocycles. The van der Waals surface area contributed by atoms with Crippen LogP contribution in [-0.2, 0) is 26.5 Å². The summed E-state index contributed by atoms with van der Waals surface area (Å²) in [4.78, 5) is 4.25. The van der Waals surface area contributed by atoms with Crippen molar-refractivity contribution in [3.63, 3.8) is 0 Å². The summed E-state index contributed by atoms with van der Waals surface area (Å²) in [5.41, 5.74) is 0.200. The molecule has 0 bridgehead atoms. The summed E-state index contributed by atoms with van der Waals surface area (Å²) in [7, 11) is -3.34. The van der Waals surface area contributed by atoms with Gasteiger partial charge in [0.05, 0.1) is 28.9 Å². The number of sulfone groups is 1. The van der Waals surface area contributed by atoms with Crippen LogP contribution in [0.15, 0.2) is 29.6 Å². The molecule has 1 fully saturated rings. The zero-order valence-electron chi connectivity index (χ0n) is 13.1. The van der Waals surface area contributed by atoms with E-state index in [1.807, 2.05) is 0 Å². The van der Waals surface area contributed by atoms with Gasteiger partial charge in [-0.1, -0.05) is 12.1 Å². The number of benzene rings is 1. The summed E-state index contributed by atoms with van der Waals surface area (Å²) in [6.45, 7) is 0.592. The average molecular weight is 391 g/mol. The van der Waals surface area contributed by atoms with Crippen molar-refractivity contribution in [1.29, 1.82) is 0 Å². The second-order valence-electron chi connectivity index (χ2n) is 5.91. The lowest BCUT2D eigenvalue weighted by Crippen LogP contribution is -2.21. The summed E-state index contributed by atoms with van der Waals surface area (Å²) in [6.07, 6.45) is -3.02. The maximum absolute atomic E-state index is 12.6. The van der Waals surface area contributed by atoms with E-state index in [0.29, 0.717) is 22.9 Å². The van der Waals surface area contributed by atoms with Gasteiger partial charge in [0.1, 0.15) is 5.01 Å². The van der Waals surface area contributed by atoms with Crippen LogP contribution in [0.2, 0.25) is 0 Å². The van der Waals surface area contributed by atoms with Gasteiger partial charge in [-0.15, -0.1) is 11.3 Å². The third kappa shape index (κ3) is 4.80. The maximum Gasteiger partial charge on any atom is 0.416 e. The SMILES string of the molecule is O=S(=O)(Cc1csc(-c2ccc(C(F)(F)F)cc2)n1)C[C@H]1CCCO1. The highest BCUT2D eigenvalue weighted by Crippen LogP contribution is 2.32. The fourth-order valence-corrected chi connectivity index (χ4v) is 5.13. The van der Waals surface area contributed by atoms with E-state index in [2.05, 4.69) is 4.98 Å². The first-order valence-corrected chi connectivity index (χ1v) is 10.4. The highest BCUT2D eigenvalue weighted by Gasteiger charge is 2.30. The summed E-state index contributed by atoms with van der Waals surface area (Å²) in [5, 5.41) is 2.12. The normalized spacial score (nSPS) is 18.6. The molecule has 25 heavy (non-hydrogen) atoms. The molecule has 1 atom stereocenters. The molecular formula is C16H16F3NO3S2. The Hall–Kier alpha value is -1.45. The van der Waals surface area contributed by atoms with Crippen LogP contribution in [0.3, 0.4) is 0 Å². The largest absolute Gasteiger partial charge is 0.416 e. The van der Waals surface area contributed by atoms with Crippen molar-refractivity contribution < 1.29 is 26.3 Å². The zero-order chi connectivity index (χ0) is 18.1. The minimum Gasteiger partial charge on any atom is -0.377 e. The van der Waals surface area contributed by atoms with E-state index >= 15 is 0 Å². The Morgan fingerprint density at radius 2 is 1.96 bits per heavy atom. The lowest BCUT2D eigenvalue weighted by Gasteiger charge is -2.09. The van der Waals surface area contributed by atoms with E-state index in [9.17, 15) is 21.6 Å². The third-order valence-corrected chi connectivity index (χ3v) is 6.40. The van der Waals surface area contributed by atoms with Gasteiger partial charge in [0.15, 0.2) is 9.84 Å². The first kappa shape index (κ1) is 18.3. The summed E-state index contributed by atoms with van der Waals surface area (Å²) >= 11 is 1.21. The van der Waals surface area contributed by atoms with Crippen LogP contribution in [0.4, 0.5) is 13.2 Å². The van der Waals surface area contributed by atoms with Gasteiger partial charge in [0.25, 0.3) is 0 Å². The Bertz CT molecular complexity index is 823. The number of hydrogen-bond donors (Lipinski definition) is 0. The smallest absolute Gasteiger partial charge is 0.377 e. The van der Waals surface area contributed by atoms with Crippen LogP contribution in [-0.4, -0.2) is 31.9 Å². The molecule has 136 valence electrons. The van der Waals surface area contributed by atoms with Gasteiger partial charge < -0.3 is 4.74 Å². The zero-order valence-corrected chi connectivity index (χ0v) is 14.8. The van der Waals surface area contributed by atoms with Gasteiger partial charge >= 0.3 is 6.18 Å². The number of alkyl halides is 3. The maximum atomic E-state index is 12.6. The lowest BCUT2D eigenvalue weighted by atomic mass is 10.1. The van der Waals surface area contributed by atoms with Crippen molar-refractivity contribution in [2.45, 2.75) is 30.9 Å². The van der Waals surface area contributed by atoms with E-state index in [1.54, 1.807) is 5.38 Å². The molecule has 1 aliphatic rings. The van der Waals surface area contributed by atoms with Gasteiger partial charge in [-0.05, 0) is 25.0 Å². The third-order valence-electron chi connectivity index (χ3n) is 3.84. The van der Waals surface area contributed by atoms with Crippen LogP contribution in [0.1, 0.15) is 24.1 Å². The molecular weight excluding hydrogens is 375 g/mol. The van der Waals surface area contributed by atoms with Gasteiger partial charge in [0.2, 0.25) is 0 Å². The van der Waals surface area contributed by atoms with Crippen LogP contribution in [0, 0.1) is 0 Å². The van der Waals surface area contributed by atoms with Gasteiger partial charge in [-0.25, -0.2) is 13.4 Å². The van der Waals surface area contributed by atoms with Crippen molar-refractivity contribution in [2.75, 3.05) is 12.4 Å². The van der Waals surface area contributed by atoms with E-state index in [1.165, 1.54) is 23.5 Å². The van der Waals surface area contributed by atoms with E-state index in [4.69, 9.17) is 4.74 Å². The molecule has 0 spiro atoms. The Balaban J connectivity index is 1.69. The van der Waals surface area contributed by atoms with Crippen molar-refractivity contribution in [2.24, 2.45) is 0 Å². The Labute approximate surface area is 147 Å². The van der Waals surface area contributed by atoms with Crippen molar-refractivity contribution in [3.8, 4) is 10.6 Å². The topological polar surface area (TPSA) is 56.3 Å². The fraction of sp³-hybridized carbons (Fsp3) is 0.438. The molecule has 0 radical (unpaired) electrons. The van der Waals surface area contributed by atoms with Crippen LogP contribution < -0.4 is 0 Å². The number of nitrogens with zero attached hydrogens (tertiary/aromatic N) is 1. The van der Waals surface area contributed by atoms with Gasteiger partial charge in [-0.2, -0.15) is 13.2 Å². The van der Waals surface area contributed by atoms with Crippen LogP contribution >= 0.6 is 11.3 Å². The molecule has 1 aromatic carbocycles. The second kappa shape index (κ2) is 7.05. The molecule has 1 saturated heterocycles. The molecule has 3 rings (SSSR count). The Morgan fingerprint density at radius 1 is 1.24 bits per heavy atom. The minimum atomic E-state index is -4.39. The number of thiazole rings is 1. The van der Waals surface area contributed by atoms with Gasteiger partial charge in [0, 0.05) is 17.6 Å². The number of aromatic nitrogens is 1. The Morgan fingerprint density at radius 3 is 2.56 bits per heavy atom. The molecule has 2 aromatic rings. The number of ether oxygens (including phenoxy) is 1. The first-order chi connectivity index (χ1) is 11.7. The van der Waals surface area contributed by atoms with Gasteiger partial charge in [-0.3, -0.25) is 0 Å². The number of halogens is 3. The fourth-order valence-electron chi connectivity index (χ4n) is 2.65. The lowest BCUT2D eigenvalue weighted by molar-refractivity contribution is -0.137. The van der Waals surface area contributed by atoms with E-state index in [0.717, 1.165) is 25.0 Å². The first-order valence-electron chi connectivity index (χ1n) is 7.67. The van der Waals surface area contributed by atoms with Crippen molar-refractivity contribution >= 4 is 21.2 Å². The minimum absolute atomic E-state index is 0.0276. The molecule has 1 aliphatic heterocycles. The second-order valence-corrected chi connectivity index (χ2v) is 8.88. The monoisotopic (exact) mass is 391 g/mol.